The number of nitrogens with one attached hydrogen (secondary N) is 1. The zero-order valence-corrected chi connectivity index (χ0v) is 15.5. The van der Waals surface area contributed by atoms with E-state index in [9.17, 15) is 5.26 Å². The molecular weight excluding hydrogens is 354 g/mol. The summed E-state index contributed by atoms with van der Waals surface area (Å²) in [6.07, 6.45) is 5.81. The molecule has 2 aliphatic heterocycles. The summed E-state index contributed by atoms with van der Waals surface area (Å²) in [5.74, 6) is 1.29. The first-order valence-electron chi connectivity index (χ1n) is 9.53. The van der Waals surface area contributed by atoms with E-state index < -0.39 is 0 Å². The molecule has 3 heterocycles. The number of aromatic nitrogens is 3. The standard InChI is InChI=1S/C20H21N7O/c1-2-26-20-17(18(24-26)13-3-4-13)16(15(11-21)19(22)28-20)12-5-7-14(8-6-12)27-10-9-23-25-27/h5-10,13,16,18,24H,2-4,22H2,1H3. The van der Waals surface area contributed by atoms with Crippen molar-refractivity contribution >= 4 is 0 Å². The molecule has 2 unspecified atom stereocenters. The summed E-state index contributed by atoms with van der Waals surface area (Å²) in [7, 11) is 0. The zero-order chi connectivity index (χ0) is 19.3. The molecule has 3 N–H and O–H groups in total. The van der Waals surface area contributed by atoms with Crippen LogP contribution < -0.4 is 11.2 Å². The maximum Gasteiger partial charge on any atom is 0.213 e. The van der Waals surface area contributed by atoms with Crippen LogP contribution in [-0.2, 0) is 4.74 Å². The zero-order valence-electron chi connectivity index (χ0n) is 15.5. The minimum Gasteiger partial charge on any atom is -0.423 e. The predicted octanol–water partition coefficient (Wildman–Crippen LogP) is 1.91. The van der Waals surface area contributed by atoms with Crippen LogP contribution >= 0.6 is 0 Å². The summed E-state index contributed by atoms with van der Waals surface area (Å²) >= 11 is 0. The predicted molar refractivity (Wildman–Crippen MR) is 101 cm³/mol. The van der Waals surface area contributed by atoms with E-state index >= 15 is 0 Å². The first kappa shape index (κ1) is 16.8. The van der Waals surface area contributed by atoms with E-state index in [1.165, 1.54) is 12.8 Å². The van der Waals surface area contributed by atoms with E-state index in [1.54, 1.807) is 17.1 Å². The summed E-state index contributed by atoms with van der Waals surface area (Å²) in [4.78, 5) is 0. The highest BCUT2D eigenvalue weighted by Crippen LogP contribution is 2.49. The quantitative estimate of drug-likeness (QED) is 0.841. The lowest BCUT2D eigenvalue weighted by Gasteiger charge is -2.28. The van der Waals surface area contributed by atoms with Gasteiger partial charge >= 0.3 is 0 Å². The van der Waals surface area contributed by atoms with E-state index in [-0.39, 0.29) is 17.8 Å². The van der Waals surface area contributed by atoms with Crippen LogP contribution in [0.4, 0.5) is 0 Å². The lowest BCUT2D eigenvalue weighted by atomic mass is 9.80. The average molecular weight is 375 g/mol. The molecule has 8 nitrogen and oxygen atoms in total. The van der Waals surface area contributed by atoms with Crippen LogP contribution in [0.15, 0.2) is 59.6 Å². The fourth-order valence-electron chi connectivity index (χ4n) is 4.11. The van der Waals surface area contributed by atoms with Gasteiger partial charge < -0.3 is 10.5 Å². The topological polar surface area (TPSA) is 105 Å². The molecule has 3 aliphatic rings. The molecule has 142 valence electrons. The molecule has 8 heteroatoms. The molecule has 5 rings (SSSR count). The fraction of sp³-hybridized carbons (Fsp3) is 0.350. The van der Waals surface area contributed by atoms with Crippen LogP contribution in [0, 0.1) is 17.2 Å². The minimum absolute atomic E-state index is 0.173. The third kappa shape index (κ3) is 2.55. The van der Waals surface area contributed by atoms with Gasteiger partial charge in [0.05, 0.1) is 30.0 Å². The highest BCUT2D eigenvalue weighted by Gasteiger charge is 2.48. The van der Waals surface area contributed by atoms with Gasteiger partial charge in [-0.3, -0.25) is 5.01 Å². The second-order valence-electron chi connectivity index (χ2n) is 7.31. The van der Waals surface area contributed by atoms with Gasteiger partial charge in [-0.25, -0.2) is 10.1 Å². The Kier molecular flexibility index (Phi) is 3.84. The number of allylic oxidation sites excluding steroid dienone is 1. The van der Waals surface area contributed by atoms with E-state index in [0.717, 1.165) is 29.3 Å². The molecule has 2 aromatic rings. The molecule has 0 radical (unpaired) electrons. The van der Waals surface area contributed by atoms with Gasteiger partial charge in [0.1, 0.15) is 11.6 Å². The number of rotatable bonds is 4. The lowest BCUT2D eigenvalue weighted by Crippen LogP contribution is -2.38. The molecule has 0 spiro atoms. The molecule has 2 atom stereocenters. The Hall–Kier alpha value is -3.31. The molecule has 28 heavy (non-hydrogen) atoms. The van der Waals surface area contributed by atoms with Crippen LogP contribution in [0.1, 0.15) is 31.2 Å². The van der Waals surface area contributed by atoms with E-state index in [1.807, 2.05) is 29.3 Å². The molecule has 1 saturated carbocycles. The third-order valence-corrected chi connectivity index (χ3v) is 5.64. The normalized spacial score (nSPS) is 24.2. The third-order valence-electron chi connectivity index (χ3n) is 5.64. The Balaban J connectivity index is 1.59. The SMILES string of the molecule is CCN1NC(C2CC2)C2=C1OC(N)=C(C#N)C2c1ccc(-n2ccnn2)cc1. The minimum atomic E-state index is -0.215. The smallest absolute Gasteiger partial charge is 0.213 e. The highest BCUT2D eigenvalue weighted by molar-refractivity contribution is 5.52. The summed E-state index contributed by atoms with van der Waals surface area (Å²) < 4.78 is 7.62. The number of nitrogens with two attached hydrogens (primary N) is 1. The van der Waals surface area contributed by atoms with Gasteiger partial charge in [0, 0.05) is 12.1 Å². The van der Waals surface area contributed by atoms with Crippen molar-refractivity contribution in [2.75, 3.05) is 6.54 Å². The highest BCUT2D eigenvalue weighted by atomic mass is 16.5. The Bertz CT molecular complexity index is 996. The van der Waals surface area contributed by atoms with Crippen LogP contribution in [0.2, 0.25) is 0 Å². The number of hydrogen-bond donors (Lipinski definition) is 2. The van der Waals surface area contributed by atoms with Crippen LogP contribution in [0.3, 0.4) is 0 Å². The number of benzene rings is 1. The Morgan fingerprint density at radius 2 is 2.11 bits per heavy atom. The van der Waals surface area contributed by atoms with E-state index in [4.69, 9.17) is 10.5 Å². The van der Waals surface area contributed by atoms with Gasteiger partial charge in [0.25, 0.3) is 0 Å². The van der Waals surface area contributed by atoms with Gasteiger partial charge in [-0.15, -0.1) is 5.10 Å². The lowest BCUT2D eigenvalue weighted by molar-refractivity contribution is 0.131. The molecule has 0 bridgehead atoms. The molecule has 1 aromatic carbocycles. The van der Waals surface area contributed by atoms with Crippen molar-refractivity contribution < 1.29 is 4.74 Å². The monoisotopic (exact) mass is 375 g/mol. The largest absolute Gasteiger partial charge is 0.423 e. The van der Waals surface area contributed by atoms with Crippen molar-refractivity contribution in [2.24, 2.45) is 11.7 Å². The summed E-state index contributed by atoms with van der Waals surface area (Å²) in [5, 5.41) is 19.7. The first-order chi connectivity index (χ1) is 13.7. The number of hydrogen-bond acceptors (Lipinski definition) is 7. The van der Waals surface area contributed by atoms with Gasteiger partial charge in [0.15, 0.2) is 0 Å². The number of nitriles is 1. The van der Waals surface area contributed by atoms with Gasteiger partial charge in [-0.05, 0) is 43.4 Å². The molecular formula is C20H21N7O. The second-order valence-corrected chi connectivity index (χ2v) is 7.31. The summed E-state index contributed by atoms with van der Waals surface area (Å²) in [6.45, 7) is 2.83. The van der Waals surface area contributed by atoms with Crippen molar-refractivity contribution in [3.8, 4) is 11.8 Å². The molecule has 1 fully saturated rings. The van der Waals surface area contributed by atoms with E-state index in [0.29, 0.717) is 11.5 Å². The van der Waals surface area contributed by atoms with E-state index in [2.05, 4.69) is 28.7 Å². The maximum absolute atomic E-state index is 9.83. The number of nitrogens with zero attached hydrogens (tertiary/aromatic N) is 5. The Morgan fingerprint density at radius 3 is 2.71 bits per heavy atom. The average Bonchev–Trinajstić information content (AvgIpc) is 3.28. The number of hydrazine groups is 1. The Morgan fingerprint density at radius 1 is 1.32 bits per heavy atom. The molecule has 0 amide bonds. The molecule has 1 aliphatic carbocycles. The maximum atomic E-state index is 9.83. The second kappa shape index (κ2) is 6.39. The summed E-state index contributed by atoms with van der Waals surface area (Å²) in [6, 6.07) is 10.5. The van der Waals surface area contributed by atoms with Crippen LogP contribution in [0.25, 0.3) is 5.69 Å². The van der Waals surface area contributed by atoms with Gasteiger partial charge in [-0.2, -0.15) is 5.26 Å². The van der Waals surface area contributed by atoms with Crippen LogP contribution in [0.5, 0.6) is 0 Å². The van der Waals surface area contributed by atoms with Crippen molar-refractivity contribution in [3.63, 3.8) is 0 Å². The van der Waals surface area contributed by atoms with Gasteiger partial charge in [0.2, 0.25) is 11.8 Å². The van der Waals surface area contributed by atoms with Crippen molar-refractivity contribution in [1.82, 2.24) is 25.4 Å². The van der Waals surface area contributed by atoms with Crippen LogP contribution in [-0.4, -0.2) is 32.6 Å². The van der Waals surface area contributed by atoms with Crippen molar-refractivity contribution in [1.29, 1.82) is 5.26 Å². The summed E-state index contributed by atoms with van der Waals surface area (Å²) in [5.41, 5.74) is 13.2. The molecule has 1 aromatic heterocycles. The first-order valence-corrected chi connectivity index (χ1v) is 9.53. The number of ether oxygens (including phenoxy) is 1. The van der Waals surface area contributed by atoms with Crippen molar-refractivity contribution in [2.45, 2.75) is 31.7 Å². The fourth-order valence-corrected chi connectivity index (χ4v) is 4.11. The van der Waals surface area contributed by atoms with Gasteiger partial charge in [-0.1, -0.05) is 17.3 Å². The molecule has 0 saturated heterocycles. The Labute approximate surface area is 162 Å². The van der Waals surface area contributed by atoms with Crippen molar-refractivity contribution in [3.05, 3.63) is 65.1 Å².